The van der Waals surface area contributed by atoms with Crippen LogP contribution in [0.2, 0.25) is 0 Å². The molecule has 0 unspecified atom stereocenters. The monoisotopic (exact) mass is 294 g/mol. The van der Waals surface area contributed by atoms with Gasteiger partial charge in [0.2, 0.25) is 5.95 Å². The number of carbonyl (C=O) groups is 1. The number of aryl methyl sites for hydroxylation is 1. The molecule has 1 saturated heterocycles. The van der Waals surface area contributed by atoms with Crippen molar-refractivity contribution in [3.63, 3.8) is 0 Å². The molecule has 2 aromatic heterocycles. The summed E-state index contributed by atoms with van der Waals surface area (Å²) in [6, 6.07) is 1.90. The molecule has 0 radical (unpaired) electrons. The largest absolute Gasteiger partial charge is 0.465 e. The van der Waals surface area contributed by atoms with E-state index in [1.54, 1.807) is 0 Å². The minimum atomic E-state index is -0.903. The first kappa shape index (κ1) is 12.9. The molecule has 7 nitrogen and oxygen atoms in total. The number of amides is 1. The van der Waals surface area contributed by atoms with E-state index in [2.05, 4.69) is 4.98 Å². The molecule has 0 saturated carbocycles. The second kappa shape index (κ2) is 4.78. The third-order valence-corrected chi connectivity index (χ3v) is 4.43. The van der Waals surface area contributed by atoms with E-state index in [9.17, 15) is 9.59 Å². The van der Waals surface area contributed by atoms with Crippen LogP contribution in [0.1, 0.15) is 0 Å². The Kier molecular flexibility index (Phi) is 3.09. The molecule has 8 heteroatoms. The van der Waals surface area contributed by atoms with Crippen LogP contribution in [0.5, 0.6) is 0 Å². The molecule has 20 heavy (non-hydrogen) atoms. The predicted octanol–water partition coefficient (Wildman–Crippen LogP) is 0.795. The van der Waals surface area contributed by atoms with E-state index >= 15 is 0 Å². The van der Waals surface area contributed by atoms with Gasteiger partial charge in [-0.15, -0.1) is 11.3 Å². The molecular formula is C12H14N4O3S. The van der Waals surface area contributed by atoms with Crippen molar-refractivity contribution in [1.82, 2.24) is 14.5 Å². The van der Waals surface area contributed by atoms with Gasteiger partial charge in [0.25, 0.3) is 5.56 Å². The van der Waals surface area contributed by atoms with Gasteiger partial charge in [0.15, 0.2) is 0 Å². The topological polar surface area (TPSA) is 78.7 Å². The van der Waals surface area contributed by atoms with Crippen LogP contribution < -0.4 is 10.5 Å². The number of piperazine rings is 1. The SMILES string of the molecule is Cn1c(N2CCN(C(=O)O)CC2)nc(=O)c2sccc21. The predicted molar refractivity (Wildman–Crippen MR) is 76.7 cm³/mol. The molecule has 2 aromatic rings. The fourth-order valence-electron chi connectivity index (χ4n) is 2.43. The Balaban J connectivity index is 1.94. The van der Waals surface area contributed by atoms with E-state index in [1.807, 2.05) is 28.0 Å². The van der Waals surface area contributed by atoms with Crippen LogP contribution >= 0.6 is 11.3 Å². The molecule has 0 atom stereocenters. The summed E-state index contributed by atoms with van der Waals surface area (Å²) in [5, 5.41) is 10.8. The molecule has 0 spiro atoms. The Morgan fingerprint density at radius 2 is 2.05 bits per heavy atom. The zero-order valence-electron chi connectivity index (χ0n) is 10.9. The average molecular weight is 294 g/mol. The van der Waals surface area contributed by atoms with Gasteiger partial charge in [-0.3, -0.25) is 4.79 Å². The number of carboxylic acid groups (broad SMARTS) is 1. The lowest BCUT2D eigenvalue weighted by Crippen LogP contribution is -2.49. The maximum absolute atomic E-state index is 12.0. The summed E-state index contributed by atoms with van der Waals surface area (Å²) in [6.07, 6.45) is -0.903. The molecule has 0 aromatic carbocycles. The van der Waals surface area contributed by atoms with Crippen molar-refractivity contribution >= 4 is 33.6 Å². The minimum Gasteiger partial charge on any atom is -0.465 e. The van der Waals surface area contributed by atoms with Gasteiger partial charge in [0.1, 0.15) is 4.70 Å². The summed E-state index contributed by atoms with van der Waals surface area (Å²) >= 11 is 1.39. The number of aromatic nitrogens is 2. The number of nitrogens with zero attached hydrogens (tertiary/aromatic N) is 4. The third-order valence-electron chi connectivity index (χ3n) is 3.53. The average Bonchev–Trinajstić information content (AvgIpc) is 2.93. The molecule has 1 aliphatic rings. The molecule has 0 aliphatic carbocycles. The Hall–Kier alpha value is -2.09. The molecule has 3 rings (SSSR count). The highest BCUT2D eigenvalue weighted by Crippen LogP contribution is 2.21. The van der Waals surface area contributed by atoms with Gasteiger partial charge in [0, 0.05) is 33.2 Å². The molecular weight excluding hydrogens is 280 g/mol. The van der Waals surface area contributed by atoms with Gasteiger partial charge < -0.3 is 19.5 Å². The van der Waals surface area contributed by atoms with E-state index in [0.29, 0.717) is 36.8 Å². The normalized spacial score (nSPS) is 15.8. The molecule has 1 amide bonds. The Labute approximate surface area is 118 Å². The van der Waals surface area contributed by atoms with Crippen molar-refractivity contribution in [3.05, 3.63) is 21.8 Å². The maximum Gasteiger partial charge on any atom is 0.407 e. The van der Waals surface area contributed by atoms with Gasteiger partial charge >= 0.3 is 6.09 Å². The fraction of sp³-hybridized carbons (Fsp3) is 0.417. The van der Waals surface area contributed by atoms with Gasteiger partial charge in [-0.05, 0) is 11.4 Å². The summed E-state index contributed by atoms with van der Waals surface area (Å²) in [6.45, 7) is 1.93. The van der Waals surface area contributed by atoms with Crippen LogP contribution in [0, 0.1) is 0 Å². The van der Waals surface area contributed by atoms with Crippen LogP contribution in [0.4, 0.5) is 10.7 Å². The summed E-state index contributed by atoms with van der Waals surface area (Å²) < 4.78 is 2.55. The highest BCUT2D eigenvalue weighted by molar-refractivity contribution is 7.17. The summed E-state index contributed by atoms with van der Waals surface area (Å²) in [5.74, 6) is 0.603. The van der Waals surface area contributed by atoms with Gasteiger partial charge in [0.05, 0.1) is 5.52 Å². The molecule has 106 valence electrons. The van der Waals surface area contributed by atoms with E-state index < -0.39 is 6.09 Å². The maximum atomic E-state index is 12.0. The van der Waals surface area contributed by atoms with E-state index in [1.165, 1.54) is 16.2 Å². The molecule has 0 bridgehead atoms. The molecule has 3 heterocycles. The minimum absolute atomic E-state index is 0.219. The van der Waals surface area contributed by atoms with Crippen molar-refractivity contribution in [2.75, 3.05) is 31.1 Å². The zero-order chi connectivity index (χ0) is 14.3. The van der Waals surface area contributed by atoms with Crippen molar-refractivity contribution in [3.8, 4) is 0 Å². The zero-order valence-corrected chi connectivity index (χ0v) is 11.8. The van der Waals surface area contributed by atoms with Crippen LogP contribution in [0.3, 0.4) is 0 Å². The van der Waals surface area contributed by atoms with E-state index in [0.717, 1.165) is 5.52 Å². The van der Waals surface area contributed by atoms with E-state index in [-0.39, 0.29) is 5.56 Å². The van der Waals surface area contributed by atoms with Crippen molar-refractivity contribution in [2.24, 2.45) is 7.05 Å². The van der Waals surface area contributed by atoms with Gasteiger partial charge in [-0.1, -0.05) is 0 Å². The Morgan fingerprint density at radius 1 is 1.35 bits per heavy atom. The first-order valence-corrected chi connectivity index (χ1v) is 7.13. The summed E-state index contributed by atoms with van der Waals surface area (Å²) in [4.78, 5) is 30.4. The first-order chi connectivity index (χ1) is 9.58. The molecule has 1 aliphatic heterocycles. The second-order valence-electron chi connectivity index (χ2n) is 4.67. The number of hydrogen-bond acceptors (Lipinski definition) is 5. The third kappa shape index (κ3) is 2.01. The molecule has 1 fully saturated rings. The number of hydrogen-bond donors (Lipinski definition) is 1. The number of fused-ring (bicyclic) bond motifs is 1. The Bertz CT molecular complexity index is 715. The van der Waals surface area contributed by atoms with Gasteiger partial charge in [-0.2, -0.15) is 4.98 Å². The first-order valence-electron chi connectivity index (χ1n) is 6.25. The lowest BCUT2D eigenvalue weighted by molar-refractivity contribution is 0.142. The summed E-state index contributed by atoms with van der Waals surface area (Å²) in [7, 11) is 1.88. The molecule has 1 N–H and O–H groups in total. The summed E-state index contributed by atoms with van der Waals surface area (Å²) in [5.41, 5.74) is 0.648. The van der Waals surface area contributed by atoms with Crippen LogP contribution in [0.25, 0.3) is 10.2 Å². The van der Waals surface area contributed by atoms with Crippen molar-refractivity contribution in [2.45, 2.75) is 0 Å². The van der Waals surface area contributed by atoms with E-state index in [4.69, 9.17) is 5.11 Å². The number of anilines is 1. The number of rotatable bonds is 1. The highest BCUT2D eigenvalue weighted by atomic mass is 32.1. The van der Waals surface area contributed by atoms with Gasteiger partial charge in [-0.25, -0.2) is 4.79 Å². The standard InChI is InChI=1S/C12H14N4O3S/c1-14-8-2-7-20-9(8)10(17)13-11(14)15-3-5-16(6-4-15)12(18)19/h2,7H,3-6H2,1H3,(H,18,19). The number of thiophene rings is 1. The van der Waals surface area contributed by atoms with Crippen molar-refractivity contribution < 1.29 is 9.90 Å². The fourth-order valence-corrected chi connectivity index (χ4v) is 3.24. The highest BCUT2D eigenvalue weighted by Gasteiger charge is 2.23. The van der Waals surface area contributed by atoms with Crippen LogP contribution in [0.15, 0.2) is 16.2 Å². The van der Waals surface area contributed by atoms with Crippen molar-refractivity contribution in [1.29, 1.82) is 0 Å². The van der Waals surface area contributed by atoms with Crippen LogP contribution in [-0.2, 0) is 7.05 Å². The smallest absolute Gasteiger partial charge is 0.407 e. The second-order valence-corrected chi connectivity index (χ2v) is 5.58. The quantitative estimate of drug-likeness (QED) is 0.841. The lowest BCUT2D eigenvalue weighted by Gasteiger charge is -2.34. The lowest BCUT2D eigenvalue weighted by atomic mass is 10.3. The Morgan fingerprint density at radius 3 is 2.70 bits per heavy atom. The van der Waals surface area contributed by atoms with Crippen LogP contribution in [-0.4, -0.2) is 51.8 Å².